The molecular weight excluding hydrogens is 363 g/mol. The zero-order valence-corrected chi connectivity index (χ0v) is 15.7. The smallest absolute Gasteiger partial charge is 0.311 e. The fraction of sp³-hybridized carbons (Fsp3) is 0.286. The highest BCUT2D eigenvalue weighted by Gasteiger charge is 2.37. The van der Waals surface area contributed by atoms with Gasteiger partial charge in [0.25, 0.3) is 5.91 Å². The van der Waals surface area contributed by atoms with Crippen LogP contribution in [0.3, 0.4) is 0 Å². The van der Waals surface area contributed by atoms with Gasteiger partial charge in [0.15, 0.2) is 6.61 Å². The zero-order valence-electron chi connectivity index (χ0n) is 15.7. The first-order chi connectivity index (χ1) is 13.4. The van der Waals surface area contributed by atoms with E-state index in [-0.39, 0.29) is 24.6 Å². The van der Waals surface area contributed by atoms with E-state index in [4.69, 9.17) is 4.74 Å². The molecule has 1 N–H and O–H groups in total. The number of carbonyl (C=O) groups is 3. The lowest BCUT2D eigenvalue weighted by molar-refractivity contribution is -0.151. The lowest BCUT2D eigenvalue weighted by Gasteiger charge is -2.17. The zero-order chi connectivity index (χ0) is 20.3. The van der Waals surface area contributed by atoms with Gasteiger partial charge in [-0.25, -0.2) is 4.39 Å². The number of esters is 1. The minimum absolute atomic E-state index is 0.0249. The van der Waals surface area contributed by atoms with Crippen LogP contribution in [0.5, 0.6) is 0 Å². The standard InChI is InChI=1S/C21H21FN2O4/c1-13-6-5-7-14(2)20(13)23-18(25)12-28-21(27)15-10-19(26)24(11-15)17-9-4-3-8-16(17)22/h3-9,15H,10-12H2,1-2H3,(H,23,25)/t15-/m1/s1. The molecule has 1 atom stereocenters. The summed E-state index contributed by atoms with van der Waals surface area (Å²) >= 11 is 0. The first-order valence-corrected chi connectivity index (χ1v) is 8.94. The molecule has 28 heavy (non-hydrogen) atoms. The number of nitrogens with one attached hydrogen (secondary N) is 1. The molecule has 1 aliphatic heterocycles. The van der Waals surface area contributed by atoms with Crippen molar-refractivity contribution in [3.05, 3.63) is 59.4 Å². The van der Waals surface area contributed by atoms with Crippen molar-refractivity contribution in [3.63, 3.8) is 0 Å². The van der Waals surface area contributed by atoms with Gasteiger partial charge in [-0.05, 0) is 37.1 Å². The van der Waals surface area contributed by atoms with Crippen molar-refractivity contribution in [1.29, 1.82) is 0 Å². The molecule has 1 aliphatic rings. The topological polar surface area (TPSA) is 75.7 Å². The van der Waals surface area contributed by atoms with E-state index in [9.17, 15) is 18.8 Å². The van der Waals surface area contributed by atoms with Gasteiger partial charge < -0.3 is 15.0 Å². The van der Waals surface area contributed by atoms with Crippen molar-refractivity contribution >= 4 is 29.2 Å². The highest BCUT2D eigenvalue weighted by atomic mass is 19.1. The summed E-state index contributed by atoms with van der Waals surface area (Å²) in [6.07, 6.45) is -0.0777. The maximum Gasteiger partial charge on any atom is 0.311 e. The van der Waals surface area contributed by atoms with Gasteiger partial charge in [-0.3, -0.25) is 14.4 Å². The maximum absolute atomic E-state index is 13.9. The van der Waals surface area contributed by atoms with Crippen LogP contribution in [0.2, 0.25) is 0 Å². The fourth-order valence-corrected chi connectivity index (χ4v) is 3.21. The van der Waals surface area contributed by atoms with E-state index < -0.39 is 30.2 Å². The van der Waals surface area contributed by atoms with Crippen molar-refractivity contribution in [2.75, 3.05) is 23.4 Å². The Hall–Kier alpha value is -3.22. The van der Waals surface area contributed by atoms with Crippen molar-refractivity contribution in [2.24, 2.45) is 5.92 Å². The van der Waals surface area contributed by atoms with E-state index in [0.29, 0.717) is 5.69 Å². The summed E-state index contributed by atoms with van der Waals surface area (Å²) < 4.78 is 19.0. The molecule has 146 valence electrons. The fourth-order valence-electron chi connectivity index (χ4n) is 3.21. The molecule has 1 saturated heterocycles. The predicted molar refractivity (Wildman–Crippen MR) is 102 cm³/mol. The van der Waals surface area contributed by atoms with Crippen molar-refractivity contribution in [2.45, 2.75) is 20.3 Å². The van der Waals surface area contributed by atoms with Gasteiger partial charge >= 0.3 is 5.97 Å². The van der Waals surface area contributed by atoms with Crippen LogP contribution >= 0.6 is 0 Å². The van der Waals surface area contributed by atoms with Crippen molar-refractivity contribution < 1.29 is 23.5 Å². The highest BCUT2D eigenvalue weighted by Crippen LogP contribution is 2.28. The van der Waals surface area contributed by atoms with Crippen LogP contribution in [0.4, 0.5) is 15.8 Å². The number of aryl methyl sites for hydroxylation is 2. The maximum atomic E-state index is 13.9. The largest absolute Gasteiger partial charge is 0.455 e. The molecule has 0 aliphatic carbocycles. The Morgan fingerprint density at radius 2 is 1.82 bits per heavy atom. The van der Waals surface area contributed by atoms with E-state index in [0.717, 1.165) is 11.1 Å². The molecule has 7 heteroatoms. The van der Waals surface area contributed by atoms with Gasteiger partial charge in [-0.15, -0.1) is 0 Å². The second-order valence-electron chi connectivity index (χ2n) is 6.78. The Balaban J connectivity index is 1.56. The van der Waals surface area contributed by atoms with E-state index >= 15 is 0 Å². The number of rotatable bonds is 5. The Morgan fingerprint density at radius 1 is 1.14 bits per heavy atom. The van der Waals surface area contributed by atoms with E-state index in [1.807, 2.05) is 32.0 Å². The molecular formula is C21H21FN2O4. The Morgan fingerprint density at radius 3 is 2.50 bits per heavy atom. The average molecular weight is 384 g/mol. The molecule has 0 spiro atoms. The van der Waals surface area contributed by atoms with Gasteiger partial charge in [0.1, 0.15) is 5.82 Å². The molecule has 2 aromatic carbocycles. The lowest BCUT2D eigenvalue weighted by Crippen LogP contribution is -2.28. The summed E-state index contributed by atoms with van der Waals surface area (Å²) in [6, 6.07) is 11.5. The average Bonchev–Trinajstić information content (AvgIpc) is 3.05. The Labute approximate surface area is 162 Å². The molecule has 1 fully saturated rings. The van der Waals surface area contributed by atoms with Gasteiger partial charge in [0, 0.05) is 18.7 Å². The number of ether oxygens (including phenoxy) is 1. The van der Waals surface area contributed by atoms with Crippen molar-refractivity contribution in [1.82, 2.24) is 0 Å². The van der Waals surface area contributed by atoms with Gasteiger partial charge in [0.05, 0.1) is 11.6 Å². The van der Waals surface area contributed by atoms with Crippen LogP contribution < -0.4 is 10.2 Å². The van der Waals surface area contributed by atoms with E-state index in [2.05, 4.69) is 5.32 Å². The molecule has 1 heterocycles. The van der Waals surface area contributed by atoms with Gasteiger partial charge in [0.2, 0.25) is 5.91 Å². The van der Waals surface area contributed by atoms with Gasteiger partial charge in [-0.2, -0.15) is 0 Å². The second kappa shape index (κ2) is 8.21. The molecule has 0 aromatic heterocycles. The quantitative estimate of drug-likeness (QED) is 0.804. The summed E-state index contributed by atoms with van der Waals surface area (Å²) in [7, 11) is 0. The first-order valence-electron chi connectivity index (χ1n) is 8.94. The summed E-state index contributed by atoms with van der Waals surface area (Å²) in [5.41, 5.74) is 2.63. The number of benzene rings is 2. The van der Waals surface area contributed by atoms with E-state index in [1.165, 1.54) is 23.1 Å². The number of amides is 2. The van der Waals surface area contributed by atoms with Gasteiger partial charge in [-0.1, -0.05) is 30.3 Å². The van der Waals surface area contributed by atoms with Crippen LogP contribution in [0, 0.1) is 25.6 Å². The molecule has 2 amide bonds. The Bertz CT molecular complexity index is 908. The molecule has 0 bridgehead atoms. The second-order valence-corrected chi connectivity index (χ2v) is 6.78. The summed E-state index contributed by atoms with van der Waals surface area (Å²) in [4.78, 5) is 37.8. The summed E-state index contributed by atoms with van der Waals surface area (Å²) in [6.45, 7) is 3.32. The molecule has 3 rings (SSSR count). The number of carbonyl (C=O) groups excluding carboxylic acids is 3. The number of halogens is 1. The molecule has 0 radical (unpaired) electrons. The predicted octanol–water partition coefficient (Wildman–Crippen LogP) is 2.98. The van der Waals surface area contributed by atoms with Crippen LogP contribution in [-0.2, 0) is 19.1 Å². The van der Waals surface area contributed by atoms with Crippen molar-refractivity contribution in [3.8, 4) is 0 Å². The number of para-hydroxylation sites is 2. The van der Waals surface area contributed by atoms with Crippen LogP contribution in [0.25, 0.3) is 0 Å². The third-order valence-corrected chi connectivity index (χ3v) is 4.69. The summed E-state index contributed by atoms with van der Waals surface area (Å²) in [5, 5.41) is 2.73. The highest BCUT2D eigenvalue weighted by molar-refractivity contribution is 6.00. The minimum atomic E-state index is -0.736. The number of nitrogens with zero attached hydrogens (tertiary/aromatic N) is 1. The molecule has 6 nitrogen and oxygen atoms in total. The van der Waals surface area contributed by atoms with Crippen LogP contribution in [-0.4, -0.2) is 30.9 Å². The monoisotopic (exact) mass is 384 g/mol. The number of hydrogen-bond acceptors (Lipinski definition) is 4. The molecule has 0 saturated carbocycles. The third-order valence-electron chi connectivity index (χ3n) is 4.69. The molecule has 0 unspecified atom stereocenters. The molecule has 2 aromatic rings. The van der Waals surface area contributed by atoms with E-state index in [1.54, 1.807) is 6.07 Å². The first kappa shape index (κ1) is 19.5. The van der Waals surface area contributed by atoms with Crippen LogP contribution in [0.1, 0.15) is 17.5 Å². The number of anilines is 2. The Kier molecular flexibility index (Phi) is 5.73. The third kappa shape index (κ3) is 4.19. The summed E-state index contributed by atoms with van der Waals surface area (Å²) in [5.74, 6) is -2.73. The lowest BCUT2D eigenvalue weighted by atomic mass is 10.1. The normalized spacial score (nSPS) is 16.2. The van der Waals surface area contributed by atoms with Crippen LogP contribution in [0.15, 0.2) is 42.5 Å². The number of hydrogen-bond donors (Lipinski definition) is 1. The SMILES string of the molecule is Cc1cccc(C)c1NC(=O)COC(=O)[C@@H]1CC(=O)N(c2ccccc2F)C1. The minimum Gasteiger partial charge on any atom is -0.455 e.